The van der Waals surface area contributed by atoms with E-state index in [1.54, 1.807) is 37.4 Å². The number of amides is 1. The highest BCUT2D eigenvalue weighted by Crippen LogP contribution is 2.15. The van der Waals surface area contributed by atoms with Crippen molar-refractivity contribution >= 4 is 35.1 Å². The lowest BCUT2D eigenvalue weighted by Crippen LogP contribution is -2.25. The van der Waals surface area contributed by atoms with E-state index in [1.807, 2.05) is 25.1 Å². The molecule has 0 unspecified atom stereocenters. The van der Waals surface area contributed by atoms with Crippen LogP contribution in [0.5, 0.6) is 5.75 Å². The van der Waals surface area contributed by atoms with Gasteiger partial charge in [-0.25, -0.2) is 0 Å². The molecule has 0 saturated heterocycles. The topological polar surface area (TPSA) is 81.7 Å². The second-order valence-electron chi connectivity index (χ2n) is 6.14. The first kappa shape index (κ1) is 21.5. The number of thioether (sulfide) groups is 1. The normalized spacial score (nSPS) is 11.4. The number of carbonyl (C=O) groups excluding carboxylic acids is 3. The Hall–Kier alpha value is -2.80. The van der Waals surface area contributed by atoms with E-state index >= 15 is 0 Å². The van der Waals surface area contributed by atoms with Crippen molar-refractivity contribution in [2.75, 3.05) is 23.9 Å². The Morgan fingerprint density at radius 1 is 1.07 bits per heavy atom. The van der Waals surface area contributed by atoms with Crippen LogP contribution in [0, 0.1) is 6.92 Å². The maximum atomic E-state index is 12.3. The molecule has 7 heteroatoms. The largest absolute Gasteiger partial charge is 0.497 e. The van der Waals surface area contributed by atoms with Gasteiger partial charge in [0.15, 0.2) is 6.10 Å². The number of rotatable bonds is 9. The third-order valence-corrected chi connectivity index (χ3v) is 4.71. The molecule has 28 heavy (non-hydrogen) atoms. The van der Waals surface area contributed by atoms with Crippen LogP contribution in [-0.2, 0) is 14.3 Å². The monoisotopic (exact) mass is 401 g/mol. The summed E-state index contributed by atoms with van der Waals surface area (Å²) >= 11 is 1.13. The summed E-state index contributed by atoms with van der Waals surface area (Å²) in [4.78, 5) is 36.2. The van der Waals surface area contributed by atoms with Gasteiger partial charge in [-0.2, -0.15) is 0 Å². The molecule has 0 saturated carbocycles. The van der Waals surface area contributed by atoms with Crippen molar-refractivity contribution in [2.45, 2.75) is 20.0 Å². The Morgan fingerprint density at radius 3 is 2.43 bits per heavy atom. The molecule has 1 N–H and O–H groups in total. The molecule has 1 amide bonds. The molecule has 148 valence electrons. The zero-order valence-corrected chi connectivity index (χ0v) is 16.9. The molecule has 2 aromatic rings. The van der Waals surface area contributed by atoms with Crippen molar-refractivity contribution in [3.63, 3.8) is 0 Å². The van der Waals surface area contributed by atoms with Crippen LogP contribution in [-0.4, -0.2) is 42.4 Å². The minimum Gasteiger partial charge on any atom is -0.497 e. The number of hydrogen-bond donors (Lipinski definition) is 1. The van der Waals surface area contributed by atoms with E-state index in [-0.39, 0.29) is 23.2 Å². The number of carbonyl (C=O) groups is 3. The Balaban J connectivity index is 1.73. The first-order valence-electron chi connectivity index (χ1n) is 8.71. The zero-order valence-electron chi connectivity index (χ0n) is 16.1. The molecule has 2 aromatic carbocycles. The highest BCUT2D eigenvalue weighted by molar-refractivity contribution is 8.00. The van der Waals surface area contributed by atoms with Gasteiger partial charge in [0.05, 0.1) is 18.6 Å². The molecule has 0 aliphatic rings. The number of aryl methyl sites for hydroxylation is 1. The van der Waals surface area contributed by atoms with Gasteiger partial charge in [0.25, 0.3) is 0 Å². The fourth-order valence-corrected chi connectivity index (χ4v) is 3.02. The van der Waals surface area contributed by atoms with Gasteiger partial charge in [-0.1, -0.05) is 12.1 Å². The Morgan fingerprint density at radius 2 is 1.79 bits per heavy atom. The third-order valence-electron chi connectivity index (χ3n) is 3.81. The van der Waals surface area contributed by atoms with E-state index in [1.165, 1.54) is 6.92 Å². The van der Waals surface area contributed by atoms with Crippen LogP contribution < -0.4 is 10.1 Å². The second-order valence-corrected chi connectivity index (χ2v) is 7.12. The number of anilines is 1. The zero-order chi connectivity index (χ0) is 20.5. The fourth-order valence-electron chi connectivity index (χ4n) is 2.42. The molecular formula is C21H23NO5S. The third kappa shape index (κ3) is 6.74. The number of Topliss-reactive ketones (excluding diaryl/α,β-unsaturated/α-hetero) is 1. The minimum atomic E-state index is -0.900. The SMILES string of the molecule is COc1ccc(C(=O)[C@H](C)OC(=O)CSCC(=O)Nc2cccc(C)c2)cc1. The van der Waals surface area contributed by atoms with Gasteiger partial charge in [-0.3, -0.25) is 14.4 Å². The summed E-state index contributed by atoms with van der Waals surface area (Å²) < 4.78 is 10.2. The highest BCUT2D eigenvalue weighted by Gasteiger charge is 2.19. The van der Waals surface area contributed by atoms with Crippen molar-refractivity contribution in [1.82, 2.24) is 0 Å². The lowest BCUT2D eigenvalue weighted by atomic mass is 10.1. The lowest BCUT2D eigenvalue weighted by Gasteiger charge is -2.12. The van der Waals surface area contributed by atoms with E-state index in [2.05, 4.69) is 5.32 Å². The van der Waals surface area contributed by atoms with Gasteiger partial charge < -0.3 is 14.8 Å². The Kier molecular flexibility index (Phi) is 8.07. The van der Waals surface area contributed by atoms with Gasteiger partial charge in [0.1, 0.15) is 5.75 Å². The van der Waals surface area contributed by atoms with Gasteiger partial charge in [0, 0.05) is 11.3 Å². The van der Waals surface area contributed by atoms with Crippen LogP contribution in [0.3, 0.4) is 0 Å². The first-order valence-corrected chi connectivity index (χ1v) is 9.86. The van der Waals surface area contributed by atoms with Crippen LogP contribution in [0.4, 0.5) is 5.69 Å². The number of nitrogens with one attached hydrogen (secondary N) is 1. The van der Waals surface area contributed by atoms with Crippen LogP contribution in [0.2, 0.25) is 0 Å². The number of esters is 1. The maximum Gasteiger partial charge on any atom is 0.316 e. The number of methoxy groups -OCH3 is 1. The molecule has 0 heterocycles. The summed E-state index contributed by atoms with van der Waals surface area (Å²) in [6.45, 7) is 3.47. The molecule has 0 spiro atoms. The van der Waals surface area contributed by atoms with Crippen molar-refractivity contribution < 1.29 is 23.9 Å². The lowest BCUT2D eigenvalue weighted by molar-refractivity contribution is -0.143. The van der Waals surface area contributed by atoms with Gasteiger partial charge in [0.2, 0.25) is 11.7 Å². The molecule has 0 aromatic heterocycles. The quantitative estimate of drug-likeness (QED) is 0.512. The molecule has 2 rings (SSSR count). The first-order chi connectivity index (χ1) is 13.4. The summed E-state index contributed by atoms with van der Waals surface area (Å²) in [6, 6.07) is 14.0. The predicted octanol–water partition coefficient (Wildman–Crippen LogP) is 3.49. The summed E-state index contributed by atoms with van der Waals surface area (Å²) in [5, 5.41) is 2.77. The molecule has 1 atom stereocenters. The van der Waals surface area contributed by atoms with Crippen LogP contribution in [0.25, 0.3) is 0 Å². The number of benzene rings is 2. The van der Waals surface area contributed by atoms with E-state index in [0.717, 1.165) is 17.3 Å². The van der Waals surface area contributed by atoms with E-state index in [4.69, 9.17) is 9.47 Å². The van der Waals surface area contributed by atoms with Crippen LogP contribution in [0.15, 0.2) is 48.5 Å². The van der Waals surface area contributed by atoms with E-state index in [0.29, 0.717) is 17.0 Å². The van der Waals surface area contributed by atoms with Crippen LogP contribution in [0.1, 0.15) is 22.8 Å². The number of ketones is 1. The summed E-state index contributed by atoms with van der Waals surface area (Å²) in [5.74, 6) is -0.293. The van der Waals surface area contributed by atoms with Gasteiger partial charge in [-0.15, -0.1) is 11.8 Å². The van der Waals surface area contributed by atoms with Crippen molar-refractivity contribution in [2.24, 2.45) is 0 Å². The Bertz CT molecular complexity index is 835. The van der Waals surface area contributed by atoms with E-state index in [9.17, 15) is 14.4 Å². The van der Waals surface area contributed by atoms with Crippen molar-refractivity contribution in [3.05, 3.63) is 59.7 Å². The maximum absolute atomic E-state index is 12.3. The standard InChI is InChI=1S/C21H23NO5S/c1-14-5-4-6-17(11-14)22-19(23)12-28-13-20(24)27-15(2)21(25)16-7-9-18(26-3)10-8-16/h4-11,15H,12-13H2,1-3H3,(H,22,23)/t15-/m0/s1. The van der Waals surface area contributed by atoms with Gasteiger partial charge >= 0.3 is 5.97 Å². The molecular weight excluding hydrogens is 378 g/mol. The molecule has 0 aliphatic heterocycles. The van der Waals surface area contributed by atoms with Crippen molar-refractivity contribution in [3.8, 4) is 5.75 Å². The average molecular weight is 401 g/mol. The summed E-state index contributed by atoms with van der Waals surface area (Å²) in [7, 11) is 1.54. The predicted molar refractivity (Wildman–Crippen MR) is 110 cm³/mol. The van der Waals surface area contributed by atoms with E-state index < -0.39 is 12.1 Å². The van der Waals surface area contributed by atoms with Gasteiger partial charge in [-0.05, 0) is 55.8 Å². The highest BCUT2D eigenvalue weighted by atomic mass is 32.2. The fraction of sp³-hybridized carbons (Fsp3) is 0.286. The molecule has 0 fully saturated rings. The number of hydrogen-bond acceptors (Lipinski definition) is 6. The Labute approximate surface area is 168 Å². The average Bonchev–Trinajstić information content (AvgIpc) is 2.67. The minimum absolute atomic E-state index is 0.0124. The smallest absolute Gasteiger partial charge is 0.316 e. The molecule has 0 radical (unpaired) electrons. The number of ether oxygens (including phenoxy) is 2. The second kappa shape index (κ2) is 10.5. The van der Waals surface area contributed by atoms with Crippen LogP contribution >= 0.6 is 11.8 Å². The summed E-state index contributed by atoms with van der Waals surface area (Å²) in [5.41, 5.74) is 2.20. The summed E-state index contributed by atoms with van der Waals surface area (Å²) in [6.07, 6.45) is -0.900. The van der Waals surface area contributed by atoms with Crippen molar-refractivity contribution in [1.29, 1.82) is 0 Å². The molecule has 0 aliphatic carbocycles. The molecule has 6 nitrogen and oxygen atoms in total. The molecule has 0 bridgehead atoms.